The van der Waals surface area contributed by atoms with Gasteiger partial charge in [0.15, 0.2) is 5.65 Å². The average molecular weight is 600 g/mol. The van der Waals surface area contributed by atoms with E-state index in [1.54, 1.807) is 6.07 Å². The van der Waals surface area contributed by atoms with E-state index >= 15 is 0 Å². The molecule has 4 N–H and O–H groups in total. The van der Waals surface area contributed by atoms with Crippen molar-refractivity contribution in [2.75, 3.05) is 18.6 Å². The molecule has 2 atom stereocenters. The summed E-state index contributed by atoms with van der Waals surface area (Å²) in [6, 6.07) is 9.79. The quantitative estimate of drug-likeness (QED) is 0.168. The summed E-state index contributed by atoms with van der Waals surface area (Å²) in [6.45, 7) is -0.00699. The van der Waals surface area contributed by atoms with Crippen molar-refractivity contribution in [1.82, 2.24) is 34.9 Å². The molecular weight excluding hydrogens is 574 g/mol. The van der Waals surface area contributed by atoms with E-state index in [1.807, 2.05) is 31.3 Å². The fraction of sp³-hybridized carbons (Fsp3) is 0.320. The maximum absolute atomic E-state index is 13.0. The van der Waals surface area contributed by atoms with Gasteiger partial charge in [-0.25, -0.2) is 9.59 Å². The number of carboxylic acid groups (broad SMARTS) is 2. The van der Waals surface area contributed by atoms with Crippen LogP contribution in [0.3, 0.4) is 0 Å². The van der Waals surface area contributed by atoms with Crippen molar-refractivity contribution in [3.8, 4) is 0 Å². The highest BCUT2D eigenvalue weighted by molar-refractivity contribution is 8.01. The Labute approximate surface area is 240 Å². The Kier molecular flexibility index (Phi) is 8.14. The highest BCUT2D eigenvalue weighted by Crippen LogP contribution is 2.41. The minimum Gasteiger partial charge on any atom is -0.480 e. The molecule has 0 saturated carbocycles. The van der Waals surface area contributed by atoms with Gasteiger partial charge < -0.3 is 20.8 Å². The van der Waals surface area contributed by atoms with Gasteiger partial charge in [0.25, 0.3) is 5.91 Å². The third-order valence-electron chi connectivity index (χ3n) is 6.50. The molecule has 41 heavy (non-hydrogen) atoms. The lowest BCUT2D eigenvalue weighted by atomic mass is 10.0. The predicted octanol–water partition coefficient (Wildman–Crippen LogP) is -0.232. The molecular formula is C25H25N7O7S2. The molecule has 2 amide bonds. The third kappa shape index (κ3) is 5.71. The van der Waals surface area contributed by atoms with E-state index in [0.29, 0.717) is 22.9 Å². The highest BCUT2D eigenvalue weighted by atomic mass is 32.2. The molecule has 2 aromatic heterocycles. The first-order chi connectivity index (χ1) is 19.7. The van der Waals surface area contributed by atoms with Crippen LogP contribution in [0.5, 0.6) is 0 Å². The zero-order chi connectivity index (χ0) is 29.3. The summed E-state index contributed by atoms with van der Waals surface area (Å²) >= 11 is 2.53. The topological polar surface area (TPSA) is 188 Å². The number of hydrogen-bond acceptors (Lipinski definition) is 10. The molecule has 1 saturated heterocycles. The summed E-state index contributed by atoms with van der Waals surface area (Å²) in [4.78, 5) is 62.6. The highest BCUT2D eigenvalue weighted by Gasteiger charge is 2.54. The van der Waals surface area contributed by atoms with Crippen LogP contribution in [-0.4, -0.2) is 88.2 Å². The van der Waals surface area contributed by atoms with Crippen LogP contribution in [0.4, 0.5) is 0 Å². The van der Waals surface area contributed by atoms with Crippen LogP contribution in [0.15, 0.2) is 57.5 Å². The van der Waals surface area contributed by atoms with Crippen molar-refractivity contribution in [3.05, 3.63) is 69.3 Å². The van der Waals surface area contributed by atoms with Gasteiger partial charge in [-0.1, -0.05) is 24.3 Å². The molecule has 16 heteroatoms. The number of fused-ring (bicyclic) bond motifs is 2. The Hall–Kier alpha value is -4.15. The Morgan fingerprint density at radius 3 is 2.56 bits per heavy atom. The van der Waals surface area contributed by atoms with E-state index in [0.717, 1.165) is 20.3 Å². The first-order valence-electron chi connectivity index (χ1n) is 12.4. The van der Waals surface area contributed by atoms with Gasteiger partial charge in [0, 0.05) is 18.1 Å². The number of carbonyl (C=O) groups is 4. The van der Waals surface area contributed by atoms with Gasteiger partial charge in [0.2, 0.25) is 5.91 Å². The number of thioether (sulfide) groups is 2. The molecule has 0 aliphatic carbocycles. The van der Waals surface area contributed by atoms with Gasteiger partial charge in [-0.15, -0.1) is 28.6 Å². The number of carbonyl (C=O) groups excluding carboxylic acids is 2. The standard InChI is InChI=1S/C25H25N7O7S2/c1-26-9-14-5-3-2-4-13(14)8-17(33)27-20-22(36)31-21(24(37)38)15(12-41-23(20)31)11-40-18-7-6-16-28-30(10-19(34)35)25(39)32(16)29-18/h2-7,20,23,26H,8-12H2,1H3,(H,27,33)(H,34,35)(H,37,38)/t20?,23-/m0/s1. The SMILES string of the molecule is CNCc1ccccc1CC(=O)NC1C(=O)N2C(C(=O)O)=C(CSc3ccc4nn(CC(=O)O)c(=O)n4n3)CS[C@@H]12. The number of carboxylic acids is 2. The van der Waals surface area contributed by atoms with Gasteiger partial charge in [0.05, 0.1) is 6.42 Å². The Morgan fingerprint density at radius 2 is 1.85 bits per heavy atom. The molecule has 1 fully saturated rings. The minimum atomic E-state index is -1.25. The first kappa shape index (κ1) is 28.4. The summed E-state index contributed by atoms with van der Waals surface area (Å²) in [5.74, 6) is -2.78. The summed E-state index contributed by atoms with van der Waals surface area (Å²) in [7, 11) is 1.81. The lowest BCUT2D eigenvalue weighted by Gasteiger charge is -2.49. The molecule has 0 bridgehead atoms. The maximum atomic E-state index is 13.0. The second-order valence-electron chi connectivity index (χ2n) is 9.25. The average Bonchev–Trinajstić information content (AvgIpc) is 3.24. The van der Waals surface area contributed by atoms with Crippen LogP contribution in [0.2, 0.25) is 0 Å². The van der Waals surface area contributed by atoms with Crippen molar-refractivity contribution >= 4 is 52.9 Å². The van der Waals surface area contributed by atoms with Crippen LogP contribution < -0.4 is 16.3 Å². The van der Waals surface area contributed by atoms with E-state index in [2.05, 4.69) is 20.8 Å². The minimum absolute atomic E-state index is 0.0954. The zero-order valence-corrected chi connectivity index (χ0v) is 23.3. The largest absolute Gasteiger partial charge is 0.480 e. The summed E-state index contributed by atoms with van der Waals surface area (Å²) in [5, 5.41) is 32.7. The second kappa shape index (κ2) is 11.8. The van der Waals surface area contributed by atoms with Crippen molar-refractivity contribution < 1.29 is 29.4 Å². The Bertz CT molecular complexity index is 1650. The van der Waals surface area contributed by atoms with Crippen LogP contribution in [0.25, 0.3) is 5.65 Å². The van der Waals surface area contributed by atoms with Gasteiger partial charge in [0.1, 0.15) is 28.7 Å². The number of β-lactam (4-membered cyclic amide) rings is 1. The van der Waals surface area contributed by atoms with Crippen molar-refractivity contribution in [2.24, 2.45) is 0 Å². The van der Waals surface area contributed by atoms with E-state index in [-0.39, 0.29) is 29.4 Å². The molecule has 2 aliphatic heterocycles. The Balaban J connectivity index is 1.27. The van der Waals surface area contributed by atoms with Crippen molar-refractivity contribution in [2.45, 2.75) is 36.0 Å². The summed E-state index contributed by atoms with van der Waals surface area (Å²) in [5.41, 5.74) is 1.66. The number of benzene rings is 1. The molecule has 4 heterocycles. The molecule has 214 valence electrons. The molecule has 3 aromatic rings. The van der Waals surface area contributed by atoms with Crippen molar-refractivity contribution in [1.29, 1.82) is 0 Å². The van der Waals surface area contributed by atoms with E-state index < -0.39 is 41.5 Å². The van der Waals surface area contributed by atoms with E-state index in [9.17, 15) is 29.1 Å². The fourth-order valence-corrected chi connectivity index (χ4v) is 6.99. The normalized spacial score (nSPS) is 18.3. The lowest BCUT2D eigenvalue weighted by Crippen LogP contribution is -2.70. The second-order valence-corrected chi connectivity index (χ2v) is 11.4. The smallest absolute Gasteiger partial charge is 0.367 e. The molecule has 14 nitrogen and oxygen atoms in total. The number of rotatable bonds is 11. The summed E-state index contributed by atoms with van der Waals surface area (Å²) < 4.78 is 1.76. The predicted molar refractivity (Wildman–Crippen MR) is 148 cm³/mol. The van der Waals surface area contributed by atoms with Crippen LogP contribution >= 0.6 is 23.5 Å². The zero-order valence-electron chi connectivity index (χ0n) is 21.6. The third-order valence-corrected chi connectivity index (χ3v) is 8.84. The van der Waals surface area contributed by atoms with Gasteiger partial charge >= 0.3 is 17.6 Å². The van der Waals surface area contributed by atoms with Crippen LogP contribution in [-0.2, 0) is 38.7 Å². The van der Waals surface area contributed by atoms with Crippen LogP contribution in [0.1, 0.15) is 11.1 Å². The first-order valence-corrected chi connectivity index (χ1v) is 14.4. The Morgan fingerprint density at radius 1 is 1.10 bits per heavy atom. The maximum Gasteiger partial charge on any atom is 0.367 e. The van der Waals surface area contributed by atoms with E-state index in [1.165, 1.54) is 34.5 Å². The molecule has 1 aromatic carbocycles. The molecule has 0 spiro atoms. The van der Waals surface area contributed by atoms with Gasteiger partial charge in [-0.3, -0.25) is 19.3 Å². The summed E-state index contributed by atoms with van der Waals surface area (Å²) in [6.07, 6.45) is 0.0954. The monoisotopic (exact) mass is 599 g/mol. The lowest BCUT2D eigenvalue weighted by molar-refractivity contribution is -0.150. The fourth-order valence-electron chi connectivity index (χ4n) is 4.65. The number of nitrogens with one attached hydrogen (secondary N) is 2. The molecule has 0 radical (unpaired) electrons. The van der Waals surface area contributed by atoms with Crippen molar-refractivity contribution in [3.63, 3.8) is 0 Å². The molecule has 5 rings (SSSR count). The number of aromatic nitrogens is 4. The molecule has 1 unspecified atom stereocenters. The van der Waals surface area contributed by atoms with Gasteiger partial charge in [-0.2, -0.15) is 14.3 Å². The number of hydrogen-bond donors (Lipinski definition) is 4. The number of aliphatic carboxylic acids is 2. The number of nitrogens with zero attached hydrogens (tertiary/aromatic N) is 5. The van der Waals surface area contributed by atoms with E-state index in [4.69, 9.17) is 5.11 Å². The van der Waals surface area contributed by atoms with Crippen LogP contribution in [0, 0.1) is 0 Å². The number of amides is 2. The molecule has 2 aliphatic rings. The van der Waals surface area contributed by atoms with Gasteiger partial charge in [-0.05, 0) is 35.9 Å².